The van der Waals surface area contributed by atoms with Gasteiger partial charge in [0.2, 0.25) is 11.8 Å². The van der Waals surface area contributed by atoms with Crippen LogP contribution in [0.15, 0.2) is 30.5 Å². The molecule has 6 nitrogen and oxygen atoms in total. The van der Waals surface area contributed by atoms with Gasteiger partial charge in [-0.1, -0.05) is 11.6 Å². The number of carbonyl (C=O) groups is 2. The molecule has 30 heavy (non-hydrogen) atoms. The predicted molar refractivity (Wildman–Crippen MR) is 101 cm³/mol. The minimum atomic E-state index is -4.67. The quantitative estimate of drug-likeness (QED) is 0.724. The molecule has 2 aliphatic rings. The molecule has 2 heterocycles. The fourth-order valence-corrected chi connectivity index (χ4v) is 4.28. The summed E-state index contributed by atoms with van der Waals surface area (Å²) in [6, 6.07) is 5.23. The maximum Gasteiger partial charge on any atom is 0.421 e. The summed E-state index contributed by atoms with van der Waals surface area (Å²) in [6.45, 7) is 0. The number of rotatable bonds is 3. The van der Waals surface area contributed by atoms with E-state index >= 15 is 0 Å². The molecule has 1 fully saturated rings. The second-order valence-electron chi connectivity index (χ2n) is 7.42. The lowest BCUT2D eigenvalue weighted by molar-refractivity contribution is -0.139. The normalized spacial score (nSPS) is 23.2. The molecule has 2 N–H and O–H groups in total. The van der Waals surface area contributed by atoms with Crippen LogP contribution in [0.4, 0.5) is 18.9 Å². The Morgan fingerprint density at radius 2 is 1.97 bits per heavy atom. The van der Waals surface area contributed by atoms with E-state index < -0.39 is 35.1 Å². The van der Waals surface area contributed by atoms with E-state index in [0.29, 0.717) is 36.9 Å². The minimum Gasteiger partial charge on any atom is -0.478 e. The van der Waals surface area contributed by atoms with E-state index in [1.807, 2.05) is 0 Å². The Hall–Kier alpha value is -2.81. The molecular formula is C20H16ClF3N2O4. The number of carboxylic acid groups (broad SMARTS) is 1. The highest BCUT2D eigenvalue weighted by atomic mass is 35.5. The highest BCUT2D eigenvalue weighted by Gasteiger charge is 2.49. The standard InChI is InChI=1S/C20H16ClF3N2O4/c21-11-8-14(20(22,23)24)16(25-9-11)30-12-3-5-19(6-4-12)13-7-10(17(27)28)1-2-15(13)26-18(19)29/h1-2,7-9,12H,3-6H2,(H,26,29)(H,27,28)/t12-,19-. The minimum absolute atomic E-state index is 0.0724. The second kappa shape index (κ2) is 7.16. The van der Waals surface area contributed by atoms with Gasteiger partial charge in [0.25, 0.3) is 0 Å². The molecule has 4 rings (SSSR count). The van der Waals surface area contributed by atoms with Crippen LogP contribution in [0.3, 0.4) is 0 Å². The van der Waals surface area contributed by atoms with E-state index in [1.165, 1.54) is 12.1 Å². The molecular weight excluding hydrogens is 425 g/mol. The summed E-state index contributed by atoms with van der Waals surface area (Å²) in [7, 11) is 0. The highest BCUT2D eigenvalue weighted by molar-refractivity contribution is 6.30. The fourth-order valence-electron chi connectivity index (χ4n) is 4.13. The third-order valence-corrected chi connectivity index (χ3v) is 5.86. The first-order valence-electron chi connectivity index (χ1n) is 9.19. The Labute approximate surface area is 174 Å². The second-order valence-corrected chi connectivity index (χ2v) is 7.86. The number of carboxylic acids is 1. The fraction of sp³-hybridized carbons (Fsp3) is 0.350. The molecule has 0 bridgehead atoms. The molecule has 1 saturated carbocycles. The Bertz CT molecular complexity index is 1030. The monoisotopic (exact) mass is 440 g/mol. The maximum absolute atomic E-state index is 13.3. The van der Waals surface area contributed by atoms with Crippen molar-refractivity contribution in [1.82, 2.24) is 4.98 Å². The van der Waals surface area contributed by atoms with Crippen LogP contribution in [0.1, 0.15) is 47.2 Å². The number of ether oxygens (including phenoxy) is 1. The Kier molecular flexibility index (Phi) is 4.88. The summed E-state index contributed by atoms with van der Waals surface area (Å²) in [6.07, 6.45) is -2.89. The number of pyridine rings is 1. The van der Waals surface area contributed by atoms with Gasteiger partial charge in [0, 0.05) is 11.9 Å². The summed E-state index contributed by atoms with van der Waals surface area (Å²) >= 11 is 5.64. The number of halogens is 4. The van der Waals surface area contributed by atoms with Gasteiger partial charge in [-0.05, 0) is 55.5 Å². The van der Waals surface area contributed by atoms with Crippen molar-refractivity contribution < 1.29 is 32.6 Å². The van der Waals surface area contributed by atoms with Gasteiger partial charge in [0.05, 0.1) is 16.0 Å². The van der Waals surface area contributed by atoms with E-state index in [4.69, 9.17) is 16.3 Å². The molecule has 1 aliphatic carbocycles. The molecule has 0 radical (unpaired) electrons. The zero-order valence-corrected chi connectivity index (χ0v) is 16.2. The van der Waals surface area contributed by atoms with Crippen LogP contribution < -0.4 is 10.1 Å². The zero-order valence-electron chi connectivity index (χ0n) is 15.4. The Morgan fingerprint density at radius 3 is 2.60 bits per heavy atom. The first-order chi connectivity index (χ1) is 14.1. The lowest BCUT2D eigenvalue weighted by Gasteiger charge is -2.35. The van der Waals surface area contributed by atoms with Crippen molar-refractivity contribution in [3.63, 3.8) is 0 Å². The average Bonchev–Trinajstić information content (AvgIpc) is 2.95. The van der Waals surface area contributed by atoms with Gasteiger partial charge < -0.3 is 15.2 Å². The largest absolute Gasteiger partial charge is 0.478 e. The van der Waals surface area contributed by atoms with Crippen molar-refractivity contribution in [3.05, 3.63) is 52.2 Å². The van der Waals surface area contributed by atoms with E-state index in [1.54, 1.807) is 6.07 Å². The molecule has 158 valence electrons. The van der Waals surface area contributed by atoms with Crippen LogP contribution in [0.25, 0.3) is 0 Å². The van der Waals surface area contributed by atoms with Crippen molar-refractivity contribution in [2.75, 3.05) is 5.32 Å². The molecule has 1 amide bonds. The van der Waals surface area contributed by atoms with Crippen LogP contribution in [-0.4, -0.2) is 28.1 Å². The Balaban J connectivity index is 1.55. The van der Waals surface area contributed by atoms with Crippen LogP contribution >= 0.6 is 11.6 Å². The smallest absolute Gasteiger partial charge is 0.421 e. The molecule has 1 aromatic carbocycles. The summed E-state index contributed by atoms with van der Waals surface area (Å²) in [5, 5.41) is 11.9. The maximum atomic E-state index is 13.3. The Morgan fingerprint density at radius 1 is 1.27 bits per heavy atom. The van der Waals surface area contributed by atoms with Gasteiger partial charge in [-0.3, -0.25) is 4.79 Å². The van der Waals surface area contributed by atoms with Crippen LogP contribution in [0.5, 0.6) is 5.88 Å². The SMILES string of the molecule is O=C(O)c1ccc2c(c1)[C@]1(CC[C@@H](Oc3ncc(Cl)cc3C(F)(F)F)CC1)C(=O)N2. The first kappa shape index (κ1) is 20.5. The lowest BCUT2D eigenvalue weighted by atomic mass is 9.69. The summed E-state index contributed by atoms with van der Waals surface area (Å²) in [4.78, 5) is 27.7. The number of benzene rings is 1. The van der Waals surface area contributed by atoms with Gasteiger partial charge in [0.1, 0.15) is 11.7 Å². The predicted octanol–water partition coefficient (Wildman–Crippen LogP) is 4.66. The lowest BCUT2D eigenvalue weighted by Crippen LogP contribution is -2.41. The van der Waals surface area contributed by atoms with Gasteiger partial charge in [0.15, 0.2) is 0 Å². The molecule has 0 atom stereocenters. The van der Waals surface area contributed by atoms with Crippen molar-refractivity contribution in [3.8, 4) is 5.88 Å². The topological polar surface area (TPSA) is 88.5 Å². The van der Waals surface area contributed by atoms with E-state index in [2.05, 4.69) is 10.3 Å². The number of hydrogen-bond donors (Lipinski definition) is 2. The van der Waals surface area contributed by atoms with E-state index in [0.717, 1.165) is 12.3 Å². The average molecular weight is 441 g/mol. The molecule has 0 saturated heterocycles. The molecule has 1 spiro atoms. The number of aromatic carboxylic acids is 1. The number of nitrogens with one attached hydrogen (secondary N) is 1. The molecule has 2 aromatic rings. The van der Waals surface area contributed by atoms with Crippen molar-refractivity contribution in [2.24, 2.45) is 0 Å². The van der Waals surface area contributed by atoms with Gasteiger partial charge >= 0.3 is 12.1 Å². The molecule has 10 heteroatoms. The van der Waals surface area contributed by atoms with E-state index in [9.17, 15) is 27.9 Å². The molecule has 0 unspecified atom stereocenters. The number of carbonyl (C=O) groups excluding carboxylic acids is 1. The van der Waals surface area contributed by atoms with E-state index in [-0.39, 0.29) is 16.5 Å². The number of alkyl halides is 3. The van der Waals surface area contributed by atoms with Crippen LogP contribution in [0.2, 0.25) is 5.02 Å². The number of aromatic nitrogens is 1. The summed E-state index contributed by atoms with van der Waals surface area (Å²) in [5.74, 6) is -1.88. The summed E-state index contributed by atoms with van der Waals surface area (Å²) in [5.41, 5.74) is -0.732. The number of anilines is 1. The molecule has 1 aliphatic heterocycles. The third-order valence-electron chi connectivity index (χ3n) is 5.65. The highest BCUT2D eigenvalue weighted by Crippen LogP contribution is 2.48. The van der Waals surface area contributed by atoms with Crippen molar-refractivity contribution in [1.29, 1.82) is 0 Å². The van der Waals surface area contributed by atoms with Crippen LogP contribution in [0, 0.1) is 0 Å². The van der Waals surface area contributed by atoms with Crippen LogP contribution in [-0.2, 0) is 16.4 Å². The summed E-state index contributed by atoms with van der Waals surface area (Å²) < 4.78 is 45.3. The molecule has 1 aromatic heterocycles. The first-order valence-corrected chi connectivity index (χ1v) is 9.57. The number of amides is 1. The van der Waals surface area contributed by atoms with Gasteiger partial charge in [-0.15, -0.1) is 0 Å². The van der Waals surface area contributed by atoms with Crippen molar-refractivity contribution in [2.45, 2.75) is 43.4 Å². The van der Waals surface area contributed by atoms with Gasteiger partial charge in [-0.25, -0.2) is 9.78 Å². The number of nitrogens with zero attached hydrogens (tertiary/aromatic N) is 1. The third kappa shape index (κ3) is 3.47. The number of fused-ring (bicyclic) bond motifs is 2. The number of hydrogen-bond acceptors (Lipinski definition) is 4. The van der Waals surface area contributed by atoms with Crippen molar-refractivity contribution >= 4 is 29.2 Å². The van der Waals surface area contributed by atoms with Gasteiger partial charge in [-0.2, -0.15) is 13.2 Å². The zero-order chi connectivity index (χ0) is 21.7.